The Hall–Kier alpha value is -3.25. The van der Waals surface area contributed by atoms with Crippen molar-refractivity contribution in [2.75, 3.05) is 6.26 Å². The van der Waals surface area contributed by atoms with E-state index in [0.29, 0.717) is 17.9 Å². The lowest BCUT2D eigenvalue weighted by atomic mass is 9.95. The van der Waals surface area contributed by atoms with Gasteiger partial charge in [0, 0.05) is 10.4 Å². The Morgan fingerprint density at radius 1 is 1.03 bits per heavy atom. The summed E-state index contributed by atoms with van der Waals surface area (Å²) in [5, 5.41) is 1.67. The zero-order valence-electron chi connectivity index (χ0n) is 20.3. The molecule has 36 heavy (non-hydrogen) atoms. The maximum absolute atomic E-state index is 12.1. The second kappa shape index (κ2) is 11.2. The van der Waals surface area contributed by atoms with Gasteiger partial charge in [-0.2, -0.15) is 8.42 Å². The van der Waals surface area contributed by atoms with E-state index in [0.717, 1.165) is 50.7 Å². The number of aryl methyl sites for hydroxylation is 1. The summed E-state index contributed by atoms with van der Waals surface area (Å²) in [6.45, 7) is 6.03. The maximum atomic E-state index is 12.1. The molecule has 0 fully saturated rings. The number of allylic oxidation sites excluding steroid dienone is 1. The predicted octanol–water partition coefficient (Wildman–Crippen LogP) is 7.74. The molecule has 0 saturated heterocycles. The number of halogens is 1. The minimum Gasteiger partial charge on any atom is -0.262 e. The summed E-state index contributed by atoms with van der Waals surface area (Å²) >= 11 is 6.11. The Morgan fingerprint density at radius 2 is 1.81 bits per heavy atom. The predicted molar refractivity (Wildman–Crippen MR) is 150 cm³/mol. The topological polar surface area (TPSA) is 56.3 Å². The zero-order chi connectivity index (χ0) is 25.7. The van der Waals surface area contributed by atoms with Crippen LogP contribution in [0.3, 0.4) is 0 Å². The molecule has 0 radical (unpaired) electrons. The summed E-state index contributed by atoms with van der Waals surface area (Å²) in [6, 6.07) is 25.3. The lowest BCUT2D eigenvalue weighted by Gasteiger charge is -2.18. The molecule has 0 spiro atoms. The molecule has 4 aromatic rings. The van der Waals surface area contributed by atoms with Gasteiger partial charge in [-0.05, 0) is 72.4 Å². The Labute approximate surface area is 218 Å². The fourth-order valence-corrected chi connectivity index (χ4v) is 4.96. The molecular formula is C30H28ClNO3S. The van der Waals surface area contributed by atoms with Crippen molar-refractivity contribution in [1.29, 1.82) is 0 Å². The highest BCUT2D eigenvalue weighted by molar-refractivity contribution is 7.86. The van der Waals surface area contributed by atoms with Gasteiger partial charge >= 0.3 is 0 Å². The Kier molecular flexibility index (Phi) is 8.04. The van der Waals surface area contributed by atoms with Gasteiger partial charge in [0.2, 0.25) is 0 Å². The summed E-state index contributed by atoms with van der Waals surface area (Å²) in [7, 11) is -3.65. The van der Waals surface area contributed by atoms with Gasteiger partial charge in [-0.25, -0.2) is 4.98 Å². The third kappa shape index (κ3) is 6.91. The molecule has 1 aromatic heterocycles. The fraction of sp³-hybridized carbons (Fsp3) is 0.167. The van der Waals surface area contributed by atoms with Crippen LogP contribution in [0.2, 0.25) is 5.02 Å². The molecule has 0 bridgehead atoms. The van der Waals surface area contributed by atoms with Gasteiger partial charge in [0.1, 0.15) is 6.10 Å². The first kappa shape index (κ1) is 25.8. The lowest BCUT2D eigenvalue weighted by molar-refractivity contribution is 0.205. The number of hydrogen-bond donors (Lipinski definition) is 0. The Balaban J connectivity index is 1.58. The van der Waals surface area contributed by atoms with Crippen LogP contribution in [0.1, 0.15) is 47.4 Å². The number of rotatable bonds is 9. The van der Waals surface area contributed by atoms with Crippen molar-refractivity contribution in [3.63, 3.8) is 0 Å². The van der Waals surface area contributed by atoms with Crippen LogP contribution >= 0.6 is 11.6 Å². The van der Waals surface area contributed by atoms with E-state index < -0.39 is 16.2 Å². The fourth-order valence-electron chi connectivity index (χ4n) is 4.17. The minimum atomic E-state index is -3.65. The molecule has 0 N–H and O–H groups in total. The molecule has 1 heterocycles. The van der Waals surface area contributed by atoms with Gasteiger partial charge in [0.05, 0.1) is 17.5 Å². The number of nitrogens with zero attached hydrogens (tertiary/aromatic N) is 1. The SMILES string of the molecule is C=C(C)c1ccccc1CCC(OS(C)(=O)=O)c1cccc(/C=C/c2ccc3ccc(Cl)cc3n2)c1. The van der Waals surface area contributed by atoms with Crippen molar-refractivity contribution >= 4 is 50.3 Å². The van der Waals surface area contributed by atoms with Crippen LogP contribution < -0.4 is 0 Å². The minimum absolute atomic E-state index is 0.511. The number of pyridine rings is 1. The summed E-state index contributed by atoms with van der Waals surface area (Å²) < 4.78 is 29.6. The number of hydrogen-bond acceptors (Lipinski definition) is 4. The number of benzene rings is 3. The highest BCUT2D eigenvalue weighted by atomic mass is 35.5. The number of fused-ring (bicyclic) bond motifs is 1. The Morgan fingerprint density at radius 3 is 2.58 bits per heavy atom. The summed E-state index contributed by atoms with van der Waals surface area (Å²) in [5.41, 5.74) is 6.52. The third-order valence-electron chi connectivity index (χ3n) is 5.85. The van der Waals surface area contributed by atoms with E-state index in [4.69, 9.17) is 15.8 Å². The molecule has 0 amide bonds. The molecule has 0 saturated carbocycles. The Bertz CT molecular complexity index is 1540. The van der Waals surface area contributed by atoms with E-state index in [-0.39, 0.29) is 0 Å². The van der Waals surface area contributed by atoms with E-state index >= 15 is 0 Å². The van der Waals surface area contributed by atoms with E-state index in [1.807, 2.05) is 97.9 Å². The normalized spacial score (nSPS) is 12.8. The van der Waals surface area contributed by atoms with Gasteiger partial charge in [0.25, 0.3) is 10.1 Å². The van der Waals surface area contributed by atoms with Crippen LogP contribution in [0.4, 0.5) is 0 Å². The molecule has 0 aliphatic carbocycles. The second-order valence-electron chi connectivity index (χ2n) is 8.84. The zero-order valence-corrected chi connectivity index (χ0v) is 21.9. The van der Waals surface area contributed by atoms with Crippen LogP contribution in [-0.4, -0.2) is 19.7 Å². The first-order chi connectivity index (χ1) is 17.2. The van der Waals surface area contributed by atoms with E-state index in [2.05, 4.69) is 11.6 Å². The number of aromatic nitrogens is 1. The molecule has 3 aromatic carbocycles. The first-order valence-electron chi connectivity index (χ1n) is 11.6. The van der Waals surface area contributed by atoms with Gasteiger partial charge in [0.15, 0.2) is 0 Å². The standard InChI is InChI=1S/C30H28ClNO3S/c1-21(2)28-10-5-4-8-23(28)14-18-30(35-36(3,33)34)25-9-6-7-22(19-25)11-16-27-17-13-24-12-15-26(31)20-29(24)32-27/h4-13,15-17,19-20,30H,1,14,18H2,2-3H3/b16-11+. The van der Waals surface area contributed by atoms with Crippen LogP contribution in [-0.2, 0) is 20.7 Å². The molecule has 0 aliphatic heterocycles. The van der Waals surface area contributed by atoms with Crippen LogP contribution in [0.15, 0.2) is 85.4 Å². The van der Waals surface area contributed by atoms with Gasteiger partial charge in [-0.3, -0.25) is 4.18 Å². The molecular weight excluding hydrogens is 490 g/mol. The van der Waals surface area contributed by atoms with Crippen LogP contribution in [0.25, 0.3) is 28.6 Å². The van der Waals surface area contributed by atoms with E-state index in [1.165, 1.54) is 0 Å². The third-order valence-corrected chi connectivity index (χ3v) is 6.67. The van der Waals surface area contributed by atoms with Crippen molar-refractivity contribution in [3.05, 3.63) is 118 Å². The van der Waals surface area contributed by atoms with Crippen molar-refractivity contribution in [2.24, 2.45) is 0 Å². The van der Waals surface area contributed by atoms with Crippen LogP contribution in [0.5, 0.6) is 0 Å². The highest BCUT2D eigenvalue weighted by Crippen LogP contribution is 2.28. The molecule has 1 unspecified atom stereocenters. The molecule has 4 nitrogen and oxygen atoms in total. The first-order valence-corrected chi connectivity index (χ1v) is 13.8. The van der Waals surface area contributed by atoms with Gasteiger partial charge < -0.3 is 0 Å². The lowest BCUT2D eigenvalue weighted by Crippen LogP contribution is -2.12. The molecule has 4 rings (SSSR count). The van der Waals surface area contributed by atoms with Gasteiger partial charge in [-0.1, -0.05) is 84.4 Å². The largest absolute Gasteiger partial charge is 0.264 e. The van der Waals surface area contributed by atoms with Crippen molar-refractivity contribution in [2.45, 2.75) is 25.9 Å². The van der Waals surface area contributed by atoms with Gasteiger partial charge in [-0.15, -0.1) is 0 Å². The molecule has 0 aliphatic rings. The maximum Gasteiger partial charge on any atom is 0.264 e. The quantitative estimate of drug-likeness (QED) is 0.213. The van der Waals surface area contributed by atoms with E-state index in [9.17, 15) is 8.42 Å². The monoisotopic (exact) mass is 517 g/mol. The second-order valence-corrected chi connectivity index (χ2v) is 10.9. The molecule has 6 heteroatoms. The summed E-state index contributed by atoms with van der Waals surface area (Å²) in [4.78, 5) is 4.66. The average molecular weight is 518 g/mol. The molecule has 184 valence electrons. The molecule has 1 atom stereocenters. The smallest absolute Gasteiger partial charge is 0.262 e. The van der Waals surface area contributed by atoms with Crippen molar-refractivity contribution in [1.82, 2.24) is 4.98 Å². The van der Waals surface area contributed by atoms with Crippen LogP contribution in [0, 0.1) is 0 Å². The summed E-state index contributed by atoms with van der Waals surface area (Å²) in [6.07, 6.45) is 5.53. The summed E-state index contributed by atoms with van der Waals surface area (Å²) in [5.74, 6) is 0. The van der Waals surface area contributed by atoms with Crippen molar-refractivity contribution < 1.29 is 12.6 Å². The average Bonchev–Trinajstić information content (AvgIpc) is 2.84. The van der Waals surface area contributed by atoms with E-state index in [1.54, 1.807) is 0 Å². The van der Waals surface area contributed by atoms with Crippen molar-refractivity contribution in [3.8, 4) is 0 Å². The highest BCUT2D eigenvalue weighted by Gasteiger charge is 2.19.